The molecule has 3 aromatic carbocycles. The average Bonchev–Trinajstić information content (AvgIpc) is 3.01. The Kier molecular flexibility index (Phi) is 2.89. The van der Waals surface area contributed by atoms with Gasteiger partial charge in [-0.05, 0) is 24.4 Å². The molecule has 26 heavy (non-hydrogen) atoms. The number of phenols is 1. The number of aryl methyl sites for hydroxylation is 1. The zero-order chi connectivity index (χ0) is 18.0. The summed E-state index contributed by atoms with van der Waals surface area (Å²) in [5, 5.41) is 12.3. The number of phenolic OH excluding ortho intramolecular Hbond substituents is 1. The normalized spacial score (nSPS) is 13.3. The number of hydrogen-bond donors (Lipinski definition) is 1. The lowest BCUT2D eigenvalue weighted by Crippen LogP contribution is -2.23. The van der Waals surface area contributed by atoms with Crippen molar-refractivity contribution in [1.82, 2.24) is 4.57 Å². The van der Waals surface area contributed by atoms with Crippen LogP contribution in [0.2, 0.25) is 0 Å². The number of ketones is 2. The highest BCUT2D eigenvalue weighted by molar-refractivity contribution is 6.35. The Hall–Kier alpha value is -3.40. The maximum atomic E-state index is 13.5. The van der Waals surface area contributed by atoms with E-state index in [0.717, 1.165) is 10.9 Å². The van der Waals surface area contributed by atoms with E-state index < -0.39 is 0 Å². The van der Waals surface area contributed by atoms with Crippen LogP contribution in [0.5, 0.6) is 5.75 Å². The molecule has 0 aliphatic heterocycles. The number of nitrogens with zero attached hydrogens (tertiary/aromatic N) is 1. The monoisotopic (exact) mass is 341 g/mol. The fourth-order valence-electron chi connectivity index (χ4n) is 4.13. The van der Waals surface area contributed by atoms with Crippen LogP contribution in [0.4, 0.5) is 0 Å². The number of para-hydroxylation sites is 1. The summed E-state index contributed by atoms with van der Waals surface area (Å²) in [6.45, 7) is 2.56. The van der Waals surface area contributed by atoms with E-state index in [9.17, 15) is 14.7 Å². The summed E-state index contributed by atoms with van der Waals surface area (Å²) in [6, 6.07) is 16.2. The van der Waals surface area contributed by atoms with Gasteiger partial charge in [-0.2, -0.15) is 0 Å². The third-order valence-corrected chi connectivity index (χ3v) is 5.22. The molecule has 0 fully saturated rings. The second-order valence-corrected chi connectivity index (χ2v) is 6.51. The van der Waals surface area contributed by atoms with Crippen LogP contribution in [0.25, 0.3) is 21.7 Å². The van der Waals surface area contributed by atoms with Crippen molar-refractivity contribution in [2.24, 2.45) is 0 Å². The first-order valence-electron chi connectivity index (χ1n) is 8.58. The summed E-state index contributed by atoms with van der Waals surface area (Å²) in [4.78, 5) is 26.8. The molecular formula is C22H15NO3. The number of carbonyl (C=O) groups is 2. The minimum absolute atomic E-state index is 0.0168. The van der Waals surface area contributed by atoms with Crippen molar-refractivity contribution in [3.63, 3.8) is 0 Å². The van der Waals surface area contributed by atoms with E-state index in [1.807, 2.05) is 41.8 Å². The second kappa shape index (κ2) is 5.05. The van der Waals surface area contributed by atoms with Crippen LogP contribution in [0.15, 0.2) is 54.6 Å². The first-order valence-corrected chi connectivity index (χ1v) is 8.58. The molecular weight excluding hydrogens is 326 g/mol. The van der Waals surface area contributed by atoms with Crippen molar-refractivity contribution in [3.05, 3.63) is 77.0 Å². The summed E-state index contributed by atoms with van der Waals surface area (Å²) in [7, 11) is 0. The van der Waals surface area contributed by atoms with Gasteiger partial charge in [0, 0.05) is 34.0 Å². The largest absolute Gasteiger partial charge is 0.507 e. The van der Waals surface area contributed by atoms with E-state index in [1.165, 1.54) is 6.07 Å². The van der Waals surface area contributed by atoms with E-state index in [2.05, 4.69) is 0 Å². The van der Waals surface area contributed by atoms with Crippen molar-refractivity contribution in [1.29, 1.82) is 0 Å². The fourth-order valence-corrected chi connectivity index (χ4v) is 4.13. The molecule has 0 bridgehead atoms. The molecule has 1 heterocycles. The van der Waals surface area contributed by atoms with Gasteiger partial charge in [-0.1, -0.05) is 42.5 Å². The first kappa shape index (κ1) is 14.9. The molecule has 0 unspecified atom stereocenters. The lowest BCUT2D eigenvalue weighted by atomic mass is 9.83. The molecule has 5 rings (SSSR count). The van der Waals surface area contributed by atoms with Gasteiger partial charge in [0.2, 0.25) is 5.78 Å². The van der Waals surface area contributed by atoms with Crippen molar-refractivity contribution in [3.8, 4) is 5.75 Å². The van der Waals surface area contributed by atoms with Crippen LogP contribution < -0.4 is 0 Å². The zero-order valence-electron chi connectivity index (χ0n) is 14.1. The van der Waals surface area contributed by atoms with Gasteiger partial charge in [0.05, 0.1) is 5.56 Å². The third-order valence-electron chi connectivity index (χ3n) is 5.22. The van der Waals surface area contributed by atoms with Gasteiger partial charge in [-0.25, -0.2) is 0 Å². The van der Waals surface area contributed by atoms with E-state index in [1.54, 1.807) is 18.2 Å². The van der Waals surface area contributed by atoms with Crippen molar-refractivity contribution in [2.75, 3.05) is 0 Å². The Morgan fingerprint density at radius 1 is 0.846 bits per heavy atom. The number of benzene rings is 3. The average molecular weight is 341 g/mol. The summed E-state index contributed by atoms with van der Waals surface area (Å²) in [6.07, 6.45) is 0. The molecule has 1 N–H and O–H groups in total. The van der Waals surface area contributed by atoms with Crippen LogP contribution >= 0.6 is 0 Å². The highest BCUT2D eigenvalue weighted by Crippen LogP contribution is 2.40. The predicted octanol–water partition coefficient (Wildman–Crippen LogP) is 4.30. The second-order valence-electron chi connectivity index (χ2n) is 6.51. The van der Waals surface area contributed by atoms with Crippen LogP contribution in [0, 0.1) is 0 Å². The number of aromatic nitrogens is 1. The maximum absolute atomic E-state index is 13.5. The molecule has 0 saturated carbocycles. The number of fused-ring (bicyclic) bond motifs is 6. The Morgan fingerprint density at radius 3 is 2.23 bits per heavy atom. The van der Waals surface area contributed by atoms with Gasteiger partial charge in [0.15, 0.2) is 5.78 Å². The van der Waals surface area contributed by atoms with Crippen molar-refractivity contribution in [2.45, 2.75) is 13.5 Å². The van der Waals surface area contributed by atoms with Crippen molar-refractivity contribution < 1.29 is 14.7 Å². The molecule has 1 aliphatic carbocycles. The standard InChI is InChI=1S/C22H15NO3/c1-2-23-16-10-6-5-9-14(16)19-20(23)22(26)18-13-8-4-3-7-12(13)17(24)11-15(18)21(19)25/h3-11,24H,2H2,1H3. The smallest absolute Gasteiger partial charge is 0.211 e. The lowest BCUT2D eigenvalue weighted by Gasteiger charge is -2.19. The highest BCUT2D eigenvalue weighted by Gasteiger charge is 2.36. The molecule has 0 saturated heterocycles. The molecule has 1 aliphatic rings. The van der Waals surface area contributed by atoms with Gasteiger partial charge < -0.3 is 9.67 Å². The molecule has 126 valence electrons. The van der Waals surface area contributed by atoms with E-state index in [4.69, 9.17) is 0 Å². The summed E-state index contributed by atoms with van der Waals surface area (Å²) in [5.74, 6) is -0.355. The van der Waals surface area contributed by atoms with Crippen molar-refractivity contribution >= 4 is 33.2 Å². The highest BCUT2D eigenvalue weighted by atomic mass is 16.3. The number of carbonyl (C=O) groups excluding carboxylic acids is 2. The number of hydrogen-bond acceptors (Lipinski definition) is 3. The molecule has 0 spiro atoms. The third kappa shape index (κ3) is 1.68. The Balaban J connectivity index is 1.97. The summed E-state index contributed by atoms with van der Waals surface area (Å²) < 4.78 is 1.91. The molecule has 1 aromatic heterocycles. The summed E-state index contributed by atoms with van der Waals surface area (Å²) >= 11 is 0. The minimum Gasteiger partial charge on any atom is -0.507 e. The molecule has 4 heteroatoms. The molecule has 0 atom stereocenters. The maximum Gasteiger partial charge on any atom is 0.211 e. The fraction of sp³-hybridized carbons (Fsp3) is 0.0909. The Morgan fingerprint density at radius 2 is 1.50 bits per heavy atom. The quantitative estimate of drug-likeness (QED) is 0.495. The topological polar surface area (TPSA) is 59.3 Å². The predicted molar refractivity (Wildman–Crippen MR) is 100 cm³/mol. The zero-order valence-corrected chi connectivity index (χ0v) is 14.1. The molecule has 0 amide bonds. The molecule has 4 nitrogen and oxygen atoms in total. The van der Waals surface area contributed by atoms with E-state index >= 15 is 0 Å². The SMILES string of the molecule is CCn1c2c(c3ccccc31)C(=O)c1cc(O)c3ccccc3c1C2=O. The van der Waals surface area contributed by atoms with Gasteiger partial charge in [-0.15, -0.1) is 0 Å². The van der Waals surface area contributed by atoms with E-state index in [0.29, 0.717) is 34.1 Å². The van der Waals surface area contributed by atoms with Crippen LogP contribution in [0.1, 0.15) is 38.9 Å². The Labute approximate surface area is 149 Å². The molecule has 0 radical (unpaired) electrons. The van der Waals surface area contributed by atoms with Crippen LogP contribution in [-0.4, -0.2) is 21.2 Å². The van der Waals surface area contributed by atoms with Crippen LogP contribution in [-0.2, 0) is 6.54 Å². The Bertz CT molecular complexity index is 1260. The van der Waals surface area contributed by atoms with Gasteiger partial charge in [0.25, 0.3) is 0 Å². The first-order chi connectivity index (χ1) is 12.6. The summed E-state index contributed by atoms with van der Waals surface area (Å²) in [5.41, 5.74) is 2.42. The van der Waals surface area contributed by atoms with E-state index in [-0.39, 0.29) is 22.9 Å². The minimum atomic E-state index is -0.209. The molecule has 4 aromatic rings. The number of aromatic hydroxyl groups is 1. The van der Waals surface area contributed by atoms with Gasteiger partial charge >= 0.3 is 0 Å². The van der Waals surface area contributed by atoms with Gasteiger partial charge in [0.1, 0.15) is 11.4 Å². The lowest BCUT2D eigenvalue weighted by molar-refractivity contribution is 0.0975. The number of rotatable bonds is 1. The van der Waals surface area contributed by atoms with Crippen LogP contribution in [0.3, 0.4) is 0 Å². The van der Waals surface area contributed by atoms with Gasteiger partial charge in [-0.3, -0.25) is 9.59 Å².